The van der Waals surface area contributed by atoms with Crippen LogP contribution in [0.5, 0.6) is 0 Å². The minimum atomic E-state index is -0.453. The van der Waals surface area contributed by atoms with Gasteiger partial charge in [0.2, 0.25) is 5.91 Å². The van der Waals surface area contributed by atoms with E-state index < -0.39 is 5.91 Å². The largest absolute Gasteiger partial charge is 0.369 e. The zero-order chi connectivity index (χ0) is 17.6. The molecule has 1 aromatic heterocycles. The van der Waals surface area contributed by atoms with E-state index in [4.69, 9.17) is 28.9 Å². The lowest BCUT2D eigenvalue weighted by atomic mass is 10.1. The number of halogens is 2. The van der Waals surface area contributed by atoms with Crippen LogP contribution in [0, 0.1) is 0 Å². The fourth-order valence-corrected chi connectivity index (χ4v) is 3.47. The molecule has 124 valence electrons. The van der Waals surface area contributed by atoms with E-state index in [1.807, 2.05) is 53.1 Å². The predicted molar refractivity (Wildman–Crippen MR) is 101 cm³/mol. The summed E-state index contributed by atoms with van der Waals surface area (Å²) in [5.41, 5.74) is 7.77. The molecule has 0 saturated carbocycles. The number of hydrogen-bond donors (Lipinski definition) is 1. The van der Waals surface area contributed by atoms with E-state index >= 15 is 0 Å². The lowest BCUT2D eigenvalue weighted by Gasteiger charge is -2.12. The number of aromatic nitrogens is 2. The van der Waals surface area contributed by atoms with Crippen molar-refractivity contribution >= 4 is 50.9 Å². The summed E-state index contributed by atoms with van der Waals surface area (Å²) in [6.07, 6.45) is 0.0158. The van der Waals surface area contributed by atoms with Gasteiger partial charge < -0.3 is 5.73 Å². The van der Waals surface area contributed by atoms with Crippen LogP contribution in [0.2, 0.25) is 10.0 Å². The topological polar surface area (TPSA) is 60.9 Å². The zero-order valence-corrected chi connectivity index (χ0v) is 14.6. The summed E-state index contributed by atoms with van der Waals surface area (Å²) < 4.78 is 1.89. The van der Waals surface area contributed by atoms with E-state index in [2.05, 4.69) is 4.98 Å². The van der Waals surface area contributed by atoms with Crippen LogP contribution < -0.4 is 5.73 Å². The van der Waals surface area contributed by atoms with Crippen molar-refractivity contribution < 1.29 is 4.79 Å². The van der Waals surface area contributed by atoms with Gasteiger partial charge in [0.1, 0.15) is 5.82 Å². The second-order valence-electron chi connectivity index (χ2n) is 5.76. The molecule has 1 amide bonds. The average molecular weight is 370 g/mol. The number of benzene rings is 3. The molecule has 25 heavy (non-hydrogen) atoms. The minimum Gasteiger partial charge on any atom is -0.369 e. The summed E-state index contributed by atoms with van der Waals surface area (Å²) in [6.45, 7) is 0. The van der Waals surface area contributed by atoms with Crippen LogP contribution in [-0.4, -0.2) is 15.5 Å². The molecule has 0 radical (unpaired) electrons. The van der Waals surface area contributed by atoms with Crippen LogP contribution in [0.25, 0.3) is 27.5 Å². The highest BCUT2D eigenvalue weighted by atomic mass is 35.5. The van der Waals surface area contributed by atoms with Crippen LogP contribution in [-0.2, 0) is 11.2 Å². The Kier molecular flexibility index (Phi) is 3.86. The van der Waals surface area contributed by atoms with E-state index in [-0.39, 0.29) is 6.42 Å². The van der Waals surface area contributed by atoms with Crippen LogP contribution >= 0.6 is 23.2 Å². The fourth-order valence-electron chi connectivity index (χ4n) is 3.07. The summed E-state index contributed by atoms with van der Waals surface area (Å²) in [4.78, 5) is 16.2. The molecule has 4 nitrogen and oxygen atoms in total. The van der Waals surface area contributed by atoms with Gasteiger partial charge in [-0.1, -0.05) is 47.5 Å². The van der Waals surface area contributed by atoms with E-state index in [0.29, 0.717) is 15.9 Å². The predicted octanol–water partition coefficient (Wildman–Crippen LogP) is 4.51. The van der Waals surface area contributed by atoms with Gasteiger partial charge in [-0.3, -0.25) is 9.36 Å². The zero-order valence-electron chi connectivity index (χ0n) is 13.0. The summed E-state index contributed by atoms with van der Waals surface area (Å²) in [6, 6.07) is 17.0. The SMILES string of the molecule is NC(=O)Cc1nc2ccc3ccc(Cl)cc3c2n1-c1ccccc1Cl. The summed E-state index contributed by atoms with van der Waals surface area (Å²) in [5, 5.41) is 3.15. The number of nitrogens with two attached hydrogens (primary N) is 1. The molecule has 0 aliphatic rings. The van der Waals surface area contributed by atoms with Crippen molar-refractivity contribution in [3.63, 3.8) is 0 Å². The molecule has 0 bridgehead atoms. The Morgan fingerprint density at radius 3 is 2.60 bits per heavy atom. The minimum absolute atomic E-state index is 0.0158. The first kappa shape index (κ1) is 15.9. The number of primary amides is 1. The van der Waals surface area contributed by atoms with E-state index in [9.17, 15) is 4.79 Å². The summed E-state index contributed by atoms with van der Waals surface area (Å²) >= 11 is 12.6. The second-order valence-corrected chi connectivity index (χ2v) is 6.60. The number of para-hydroxylation sites is 1. The van der Waals surface area contributed by atoms with Crippen LogP contribution in [0.1, 0.15) is 5.82 Å². The molecule has 4 aromatic rings. The fraction of sp³-hybridized carbons (Fsp3) is 0.0526. The van der Waals surface area contributed by atoms with Crippen LogP contribution in [0.4, 0.5) is 0 Å². The quantitative estimate of drug-likeness (QED) is 0.577. The molecule has 0 aliphatic heterocycles. The van der Waals surface area contributed by atoms with Crippen LogP contribution in [0.3, 0.4) is 0 Å². The molecule has 0 spiro atoms. The third kappa shape index (κ3) is 2.73. The lowest BCUT2D eigenvalue weighted by Crippen LogP contribution is -2.17. The third-order valence-corrected chi connectivity index (χ3v) is 4.65. The number of imidazole rings is 1. The third-order valence-electron chi connectivity index (χ3n) is 4.09. The van der Waals surface area contributed by atoms with Gasteiger partial charge in [-0.25, -0.2) is 4.98 Å². The van der Waals surface area contributed by atoms with Crippen molar-refractivity contribution in [2.45, 2.75) is 6.42 Å². The van der Waals surface area contributed by atoms with Gasteiger partial charge in [-0.15, -0.1) is 0 Å². The first-order valence-corrected chi connectivity index (χ1v) is 8.43. The van der Waals surface area contributed by atoms with Crippen molar-refractivity contribution in [2.75, 3.05) is 0 Å². The smallest absolute Gasteiger partial charge is 0.225 e. The van der Waals surface area contributed by atoms with E-state index in [1.165, 1.54) is 0 Å². The Bertz CT molecular complexity index is 1130. The van der Waals surface area contributed by atoms with Gasteiger partial charge in [0.25, 0.3) is 0 Å². The van der Waals surface area contributed by atoms with Gasteiger partial charge in [-0.2, -0.15) is 0 Å². The Hall–Kier alpha value is -2.56. The van der Waals surface area contributed by atoms with E-state index in [0.717, 1.165) is 27.5 Å². The van der Waals surface area contributed by atoms with E-state index in [1.54, 1.807) is 6.07 Å². The molecular formula is C19H13Cl2N3O. The number of hydrogen-bond acceptors (Lipinski definition) is 2. The molecule has 0 saturated heterocycles. The van der Waals surface area contributed by atoms with Crippen molar-refractivity contribution in [3.8, 4) is 5.69 Å². The highest BCUT2D eigenvalue weighted by molar-refractivity contribution is 6.33. The molecule has 0 fully saturated rings. The Labute approximate surface area is 153 Å². The number of amides is 1. The molecule has 2 N–H and O–H groups in total. The average Bonchev–Trinajstić information content (AvgIpc) is 2.93. The monoisotopic (exact) mass is 369 g/mol. The standard InChI is InChI=1S/C19H13Cl2N3O/c20-12-7-5-11-6-8-15-19(13(11)9-12)24(18(23-15)10-17(22)25)16-4-2-1-3-14(16)21/h1-9H,10H2,(H2,22,25). The number of rotatable bonds is 3. The number of carbonyl (C=O) groups is 1. The molecule has 3 aromatic carbocycles. The van der Waals surface area contributed by atoms with Gasteiger partial charge in [0.15, 0.2) is 0 Å². The normalized spacial score (nSPS) is 11.3. The molecule has 0 unspecified atom stereocenters. The first-order chi connectivity index (χ1) is 12.0. The molecule has 6 heteroatoms. The molecule has 0 atom stereocenters. The lowest BCUT2D eigenvalue weighted by molar-refractivity contribution is -0.117. The molecule has 0 aliphatic carbocycles. The van der Waals surface area contributed by atoms with Gasteiger partial charge in [0, 0.05) is 10.4 Å². The maximum atomic E-state index is 11.5. The van der Waals surface area contributed by atoms with Gasteiger partial charge >= 0.3 is 0 Å². The molecule has 1 heterocycles. The maximum absolute atomic E-state index is 11.5. The Morgan fingerprint density at radius 2 is 1.84 bits per heavy atom. The van der Waals surface area contributed by atoms with Crippen molar-refractivity contribution in [1.29, 1.82) is 0 Å². The maximum Gasteiger partial charge on any atom is 0.225 e. The highest BCUT2D eigenvalue weighted by Crippen LogP contribution is 2.33. The molecular weight excluding hydrogens is 357 g/mol. The summed E-state index contributed by atoms with van der Waals surface area (Å²) in [5.74, 6) is 0.0917. The van der Waals surface area contributed by atoms with Crippen molar-refractivity contribution in [3.05, 3.63) is 70.5 Å². The summed E-state index contributed by atoms with van der Waals surface area (Å²) in [7, 11) is 0. The molecule has 4 rings (SSSR count). The Balaban J connectivity index is 2.17. The number of nitrogens with zero attached hydrogens (tertiary/aromatic N) is 2. The van der Waals surface area contributed by atoms with Crippen LogP contribution in [0.15, 0.2) is 54.6 Å². The second kappa shape index (κ2) is 6.06. The van der Waals surface area contributed by atoms with Crippen molar-refractivity contribution in [2.24, 2.45) is 5.73 Å². The Morgan fingerprint density at radius 1 is 1.08 bits per heavy atom. The highest BCUT2D eigenvalue weighted by Gasteiger charge is 2.18. The van der Waals surface area contributed by atoms with Gasteiger partial charge in [-0.05, 0) is 35.7 Å². The van der Waals surface area contributed by atoms with Crippen molar-refractivity contribution in [1.82, 2.24) is 9.55 Å². The number of fused-ring (bicyclic) bond motifs is 3. The first-order valence-electron chi connectivity index (χ1n) is 7.67. The number of carbonyl (C=O) groups excluding carboxylic acids is 1. The van der Waals surface area contributed by atoms with Gasteiger partial charge in [0.05, 0.1) is 28.2 Å².